The van der Waals surface area contributed by atoms with Crippen molar-refractivity contribution in [2.24, 2.45) is 0 Å². The minimum Gasteiger partial charge on any atom is -0.391 e. The normalized spacial score (nSPS) is 11.6. The van der Waals surface area contributed by atoms with Crippen LogP contribution in [0.2, 0.25) is 0 Å². The number of hydrogen-bond acceptors (Lipinski definition) is 2. The zero-order chi connectivity index (χ0) is 13.5. The van der Waals surface area contributed by atoms with E-state index < -0.39 is 19.5 Å². The number of hydrogen-bond donors (Lipinski definition) is 1. The summed E-state index contributed by atoms with van der Waals surface area (Å²) in [5.41, 5.74) is 0. The van der Waals surface area contributed by atoms with Gasteiger partial charge in [0.25, 0.3) is 10.1 Å². The Labute approximate surface area is 119 Å². The molecule has 0 saturated carbocycles. The lowest BCUT2D eigenvalue weighted by atomic mass is 10.5. The summed E-state index contributed by atoms with van der Waals surface area (Å²) < 4.78 is 30.8. The van der Waals surface area contributed by atoms with Gasteiger partial charge in [-0.2, -0.15) is 8.42 Å². The van der Waals surface area contributed by atoms with Gasteiger partial charge in [0.2, 0.25) is 0 Å². The summed E-state index contributed by atoms with van der Waals surface area (Å²) in [5.74, 6) is -0.248. The minimum absolute atomic E-state index is 0.248. The van der Waals surface area contributed by atoms with Crippen molar-refractivity contribution in [3.8, 4) is 0 Å². The molecule has 0 fully saturated rings. The van der Waals surface area contributed by atoms with Crippen LogP contribution in [0.3, 0.4) is 0 Å². The van der Waals surface area contributed by atoms with Crippen LogP contribution in [0.4, 0.5) is 0 Å². The highest BCUT2D eigenvalue weighted by atomic mass is 35.9. The Morgan fingerprint density at radius 1 is 1.06 bits per heavy atom. The summed E-state index contributed by atoms with van der Waals surface area (Å²) in [7, 11) is 13.2. The standard InChI is InChI=1S/C7H9NO3S.Al.4ClH/c9-12(10,11)7-6-8-4-2-1-3-5-8;;;;;/h1-5H,6-7H2;;4*1H/q;+3;;;;/p-3. The molecule has 0 bridgehead atoms. The number of rotatable bonds is 3. The average Bonchev–Trinajstić information content (AvgIpc) is 2.13. The molecule has 98 valence electrons. The van der Waals surface area contributed by atoms with E-state index in [1.165, 1.54) is 0 Å². The highest BCUT2D eigenvalue weighted by molar-refractivity contribution is 7.85. The van der Waals surface area contributed by atoms with Gasteiger partial charge in [-0.05, 0) is 0 Å². The maximum atomic E-state index is 10.3. The fourth-order valence-electron chi connectivity index (χ4n) is 0.804. The quantitative estimate of drug-likeness (QED) is 0.513. The molecule has 0 aromatic carbocycles. The molecular formula is C7H10AlCl4NO3S. The summed E-state index contributed by atoms with van der Waals surface area (Å²) in [6, 6.07) is 5.43. The second-order valence-corrected chi connectivity index (χ2v) is 17.3. The molecule has 17 heavy (non-hydrogen) atoms. The molecule has 1 aromatic rings. The third-order valence-corrected chi connectivity index (χ3v) is 2.08. The van der Waals surface area contributed by atoms with Crippen LogP contribution in [0.15, 0.2) is 30.6 Å². The van der Waals surface area contributed by atoms with Crippen LogP contribution < -0.4 is 4.57 Å². The van der Waals surface area contributed by atoms with Crippen molar-refractivity contribution < 1.29 is 17.5 Å². The first kappa shape index (κ1) is 17.8. The molecule has 0 atom stereocenters. The van der Waals surface area contributed by atoms with E-state index in [2.05, 4.69) is 0 Å². The van der Waals surface area contributed by atoms with E-state index >= 15 is 0 Å². The Balaban J connectivity index is 0.000000437. The van der Waals surface area contributed by atoms with E-state index in [-0.39, 0.29) is 12.3 Å². The molecule has 0 radical (unpaired) electrons. The highest BCUT2D eigenvalue weighted by Crippen LogP contribution is 2.23. The molecule has 0 unspecified atom stereocenters. The van der Waals surface area contributed by atoms with Gasteiger partial charge < -0.3 is 40.2 Å². The summed E-state index contributed by atoms with van der Waals surface area (Å²) in [4.78, 5) is 0. The molecule has 0 saturated heterocycles. The van der Waals surface area contributed by atoms with Crippen molar-refractivity contribution in [3.63, 3.8) is 0 Å². The van der Waals surface area contributed by atoms with Gasteiger partial charge in [-0.1, -0.05) is 6.07 Å². The van der Waals surface area contributed by atoms with Crippen molar-refractivity contribution in [2.45, 2.75) is 6.54 Å². The van der Waals surface area contributed by atoms with Crippen molar-refractivity contribution in [1.82, 2.24) is 0 Å². The number of aromatic nitrogens is 1. The largest absolute Gasteiger partial charge is 0.564 e. The van der Waals surface area contributed by atoms with Crippen LogP contribution in [-0.4, -0.2) is 28.1 Å². The van der Waals surface area contributed by atoms with E-state index in [4.69, 9.17) is 44.7 Å². The van der Waals surface area contributed by atoms with E-state index in [9.17, 15) is 8.42 Å². The van der Waals surface area contributed by atoms with E-state index in [1.807, 2.05) is 6.07 Å². The van der Waals surface area contributed by atoms with Crippen LogP contribution in [0.25, 0.3) is 0 Å². The Kier molecular flexibility index (Phi) is 8.39. The Hall–Kier alpha value is 0.752. The molecule has 1 N–H and O–H groups in total. The fourth-order valence-corrected chi connectivity index (χ4v) is 1.25. The number of halogens is 4. The highest BCUT2D eigenvalue weighted by Gasteiger charge is 2.14. The molecule has 0 spiro atoms. The van der Waals surface area contributed by atoms with Gasteiger partial charge in [-0.15, -0.1) is 0 Å². The van der Waals surface area contributed by atoms with Crippen LogP contribution in [0.5, 0.6) is 0 Å². The van der Waals surface area contributed by atoms with Crippen molar-refractivity contribution in [3.05, 3.63) is 30.6 Å². The van der Waals surface area contributed by atoms with Crippen LogP contribution in [0.1, 0.15) is 0 Å². The van der Waals surface area contributed by atoms with Crippen molar-refractivity contribution in [2.75, 3.05) is 5.75 Å². The third kappa shape index (κ3) is 16.8. The van der Waals surface area contributed by atoms with Gasteiger partial charge in [0.1, 0.15) is 5.75 Å². The monoisotopic (exact) mass is 355 g/mol. The lowest BCUT2D eigenvalue weighted by Crippen LogP contribution is -2.35. The van der Waals surface area contributed by atoms with Gasteiger partial charge in [0.05, 0.1) is 0 Å². The van der Waals surface area contributed by atoms with E-state index in [1.54, 1.807) is 29.1 Å². The van der Waals surface area contributed by atoms with Gasteiger partial charge in [0, 0.05) is 12.1 Å². The maximum absolute atomic E-state index is 10.3. The van der Waals surface area contributed by atoms with Gasteiger partial charge in [-0.3, -0.25) is 4.55 Å². The minimum atomic E-state index is -3.84. The first-order valence-electron chi connectivity index (χ1n) is 4.34. The fraction of sp³-hybridized carbons (Fsp3) is 0.286. The van der Waals surface area contributed by atoms with Gasteiger partial charge in [0.15, 0.2) is 18.9 Å². The average molecular weight is 357 g/mol. The SMILES string of the molecule is O=S(=O)(O)CC[n+]1ccccc1.[Cl][Al-]([Cl])([Cl])[Cl]. The first-order chi connectivity index (χ1) is 7.58. The van der Waals surface area contributed by atoms with E-state index in [0.717, 1.165) is 0 Å². The van der Waals surface area contributed by atoms with Crippen molar-refractivity contribution >= 4 is 59.7 Å². The predicted octanol–water partition coefficient (Wildman–Crippen LogP) is 2.24. The molecule has 1 aromatic heterocycles. The topological polar surface area (TPSA) is 58.3 Å². The van der Waals surface area contributed by atoms with Crippen LogP contribution in [0, 0.1) is 0 Å². The lowest BCUT2D eigenvalue weighted by Gasteiger charge is -1.97. The Morgan fingerprint density at radius 3 is 1.82 bits per heavy atom. The lowest BCUT2D eigenvalue weighted by molar-refractivity contribution is -0.692. The summed E-state index contributed by atoms with van der Waals surface area (Å²) in [5, 5.41) is 0. The number of nitrogens with zero attached hydrogens (tertiary/aromatic N) is 1. The second-order valence-electron chi connectivity index (χ2n) is 2.89. The Bertz CT molecular complexity index is 416. The zero-order valence-electron chi connectivity index (χ0n) is 8.51. The molecule has 1 rings (SSSR count). The summed E-state index contributed by atoms with van der Waals surface area (Å²) in [6.07, 6.45) is 3.48. The first-order valence-corrected chi connectivity index (χ1v) is 12.9. The van der Waals surface area contributed by atoms with Crippen LogP contribution in [-0.2, 0) is 16.7 Å². The molecule has 0 amide bonds. The third-order valence-electron chi connectivity index (χ3n) is 1.38. The second kappa shape index (κ2) is 8.03. The van der Waals surface area contributed by atoms with Crippen LogP contribution >= 0.6 is 40.2 Å². The molecule has 4 nitrogen and oxygen atoms in total. The summed E-state index contributed by atoms with van der Waals surface area (Å²) in [6.45, 7) is 0.277. The van der Waals surface area contributed by atoms with Crippen molar-refractivity contribution in [1.29, 1.82) is 0 Å². The molecule has 10 heteroatoms. The molecule has 0 aliphatic carbocycles. The molecular weight excluding hydrogens is 347 g/mol. The van der Waals surface area contributed by atoms with E-state index in [0.29, 0.717) is 0 Å². The number of aryl methyl sites for hydroxylation is 1. The molecule has 0 aliphatic heterocycles. The molecule has 0 aliphatic rings. The Morgan fingerprint density at radius 2 is 1.47 bits per heavy atom. The predicted molar refractivity (Wildman–Crippen MR) is 72.2 cm³/mol. The molecule has 1 heterocycles. The smallest absolute Gasteiger partial charge is 0.391 e. The zero-order valence-corrected chi connectivity index (χ0v) is 13.5. The maximum Gasteiger partial charge on any atom is 0.564 e. The summed E-state index contributed by atoms with van der Waals surface area (Å²) >= 11 is 0. The number of pyridine rings is 1. The van der Waals surface area contributed by atoms with Gasteiger partial charge in [-0.25, -0.2) is 4.57 Å². The van der Waals surface area contributed by atoms with Gasteiger partial charge >= 0.3 is 9.39 Å².